The summed E-state index contributed by atoms with van der Waals surface area (Å²) in [5, 5.41) is 3.33. The highest BCUT2D eigenvalue weighted by molar-refractivity contribution is 6.32. The maximum absolute atomic E-state index is 12.4. The molecule has 0 aliphatic carbocycles. The maximum atomic E-state index is 12.4. The minimum atomic E-state index is -4.39. The predicted octanol–water partition coefficient (Wildman–Crippen LogP) is 4.37. The topological polar surface area (TPSA) is 34.1 Å². The van der Waals surface area contributed by atoms with Gasteiger partial charge in [-0.3, -0.25) is 4.98 Å². The zero-order chi connectivity index (χ0) is 15.5. The Morgan fingerprint density at radius 1 is 1.24 bits per heavy atom. The average Bonchev–Trinajstić information content (AvgIpc) is 2.45. The third kappa shape index (κ3) is 3.78. The lowest BCUT2D eigenvalue weighted by atomic mass is 10.2. The number of rotatable bonds is 4. The van der Waals surface area contributed by atoms with Gasteiger partial charge in [0.25, 0.3) is 0 Å². The van der Waals surface area contributed by atoms with Crippen LogP contribution in [0.2, 0.25) is 5.02 Å². The van der Waals surface area contributed by atoms with Gasteiger partial charge in [-0.2, -0.15) is 13.2 Å². The summed E-state index contributed by atoms with van der Waals surface area (Å²) in [5.74, 6) is 0.434. The summed E-state index contributed by atoms with van der Waals surface area (Å²) < 4.78 is 42.8. The van der Waals surface area contributed by atoms with E-state index in [9.17, 15) is 13.2 Å². The molecule has 3 nitrogen and oxygen atoms in total. The number of anilines is 1. The molecule has 0 spiro atoms. The van der Waals surface area contributed by atoms with Crippen LogP contribution in [0, 0.1) is 0 Å². The van der Waals surface area contributed by atoms with Crippen LogP contribution in [0.25, 0.3) is 0 Å². The summed E-state index contributed by atoms with van der Waals surface area (Å²) in [5.41, 5.74) is 0.277. The van der Waals surface area contributed by atoms with Crippen LogP contribution in [0.1, 0.15) is 11.3 Å². The molecular formula is C14H12ClF3N2O. The van der Waals surface area contributed by atoms with E-state index in [2.05, 4.69) is 10.3 Å². The van der Waals surface area contributed by atoms with E-state index in [0.717, 1.165) is 12.3 Å². The van der Waals surface area contributed by atoms with Crippen LogP contribution in [0.4, 0.5) is 18.9 Å². The molecule has 0 fully saturated rings. The second-order valence-corrected chi connectivity index (χ2v) is 4.60. The van der Waals surface area contributed by atoms with Crippen molar-refractivity contribution >= 4 is 17.3 Å². The van der Waals surface area contributed by atoms with Gasteiger partial charge in [0, 0.05) is 13.2 Å². The van der Waals surface area contributed by atoms with Gasteiger partial charge in [0.05, 0.1) is 22.0 Å². The zero-order valence-corrected chi connectivity index (χ0v) is 11.8. The number of pyridine rings is 1. The molecule has 0 aliphatic rings. The Bertz CT molecular complexity index is 615. The van der Waals surface area contributed by atoms with Crippen LogP contribution < -0.4 is 10.1 Å². The van der Waals surface area contributed by atoms with Crippen LogP contribution in [0.3, 0.4) is 0 Å². The largest absolute Gasteiger partial charge is 0.484 e. The van der Waals surface area contributed by atoms with Crippen molar-refractivity contribution in [2.24, 2.45) is 0 Å². The first-order chi connectivity index (χ1) is 9.91. The quantitative estimate of drug-likeness (QED) is 0.909. The molecular weight excluding hydrogens is 305 g/mol. The predicted molar refractivity (Wildman–Crippen MR) is 74.6 cm³/mol. The molecule has 1 N–H and O–H groups in total. The van der Waals surface area contributed by atoms with Crippen LogP contribution >= 0.6 is 11.6 Å². The SMILES string of the molecule is CNc1cccc(Cl)c1OCc1ccc(C(F)(F)F)cn1. The Balaban J connectivity index is 2.10. The summed E-state index contributed by atoms with van der Waals surface area (Å²) in [6.07, 6.45) is -3.61. The van der Waals surface area contributed by atoms with Crippen LogP contribution in [0.5, 0.6) is 5.75 Å². The van der Waals surface area contributed by atoms with Gasteiger partial charge in [-0.1, -0.05) is 17.7 Å². The van der Waals surface area contributed by atoms with Gasteiger partial charge < -0.3 is 10.1 Å². The summed E-state index contributed by atoms with van der Waals surface area (Å²) in [7, 11) is 1.72. The van der Waals surface area contributed by atoms with E-state index in [4.69, 9.17) is 16.3 Å². The van der Waals surface area contributed by atoms with E-state index in [0.29, 0.717) is 22.2 Å². The van der Waals surface area contributed by atoms with E-state index in [1.54, 1.807) is 25.2 Å². The zero-order valence-electron chi connectivity index (χ0n) is 11.0. The lowest BCUT2D eigenvalue weighted by molar-refractivity contribution is -0.137. The third-order valence-corrected chi connectivity index (χ3v) is 3.05. The van der Waals surface area contributed by atoms with E-state index in [-0.39, 0.29) is 6.61 Å². The number of nitrogens with one attached hydrogen (secondary N) is 1. The fourth-order valence-electron chi connectivity index (χ4n) is 1.68. The molecule has 2 rings (SSSR count). The molecule has 0 unspecified atom stereocenters. The van der Waals surface area contributed by atoms with E-state index < -0.39 is 11.7 Å². The molecule has 0 saturated carbocycles. The van der Waals surface area contributed by atoms with E-state index in [1.807, 2.05) is 0 Å². The molecule has 0 atom stereocenters. The highest BCUT2D eigenvalue weighted by Crippen LogP contribution is 2.33. The minimum Gasteiger partial charge on any atom is -0.484 e. The van der Waals surface area contributed by atoms with Crippen molar-refractivity contribution in [3.8, 4) is 5.75 Å². The number of halogens is 4. The second kappa shape index (κ2) is 6.22. The van der Waals surface area contributed by atoms with Crippen molar-refractivity contribution in [1.82, 2.24) is 4.98 Å². The first kappa shape index (κ1) is 15.4. The third-order valence-electron chi connectivity index (χ3n) is 2.75. The number of ether oxygens (including phenoxy) is 1. The van der Waals surface area contributed by atoms with Gasteiger partial charge in [-0.05, 0) is 24.3 Å². The second-order valence-electron chi connectivity index (χ2n) is 4.19. The van der Waals surface area contributed by atoms with Crippen molar-refractivity contribution in [2.45, 2.75) is 12.8 Å². The van der Waals surface area contributed by atoms with Crippen LogP contribution in [-0.4, -0.2) is 12.0 Å². The van der Waals surface area contributed by atoms with Gasteiger partial charge in [-0.15, -0.1) is 0 Å². The molecule has 112 valence electrons. The van der Waals surface area contributed by atoms with E-state index >= 15 is 0 Å². The van der Waals surface area contributed by atoms with Crippen LogP contribution in [-0.2, 0) is 12.8 Å². The highest BCUT2D eigenvalue weighted by Gasteiger charge is 2.30. The van der Waals surface area contributed by atoms with Crippen molar-refractivity contribution in [3.05, 3.63) is 52.8 Å². The summed E-state index contributed by atoms with van der Waals surface area (Å²) in [6.45, 7) is 0.0244. The van der Waals surface area contributed by atoms with Crippen molar-refractivity contribution < 1.29 is 17.9 Å². The van der Waals surface area contributed by atoms with Crippen molar-refractivity contribution in [2.75, 3.05) is 12.4 Å². The van der Waals surface area contributed by atoms with Gasteiger partial charge >= 0.3 is 6.18 Å². The smallest absolute Gasteiger partial charge is 0.417 e. The molecule has 1 heterocycles. The molecule has 1 aromatic heterocycles. The van der Waals surface area contributed by atoms with Gasteiger partial charge in [-0.25, -0.2) is 0 Å². The fraction of sp³-hybridized carbons (Fsp3) is 0.214. The number of benzene rings is 1. The van der Waals surface area contributed by atoms with Crippen molar-refractivity contribution in [1.29, 1.82) is 0 Å². The lowest BCUT2D eigenvalue weighted by Crippen LogP contribution is -2.07. The lowest BCUT2D eigenvalue weighted by Gasteiger charge is -2.13. The van der Waals surface area contributed by atoms with Gasteiger partial charge in [0.15, 0.2) is 5.75 Å². The first-order valence-corrected chi connectivity index (χ1v) is 6.41. The highest BCUT2D eigenvalue weighted by atomic mass is 35.5. The maximum Gasteiger partial charge on any atom is 0.417 e. The molecule has 0 aliphatic heterocycles. The monoisotopic (exact) mass is 316 g/mol. The average molecular weight is 317 g/mol. The van der Waals surface area contributed by atoms with Gasteiger partial charge in [0.1, 0.15) is 6.61 Å². The number of nitrogens with zero attached hydrogens (tertiary/aromatic N) is 1. The number of hydrogen-bond acceptors (Lipinski definition) is 3. The Kier molecular flexibility index (Phi) is 4.57. The summed E-state index contributed by atoms with van der Waals surface area (Å²) in [4.78, 5) is 3.74. The summed E-state index contributed by atoms with van der Waals surface area (Å²) in [6, 6.07) is 7.45. The molecule has 0 amide bonds. The fourth-order valence-corrected chi connectivity index (χ4v) is 1.91. The number of alkyl halides is 3. The molecule has 7 heteroatoms. The molecule has 2 aromatic rings. The van der Waals surface area contributed by atoms with Gasteiger partial charge in [0.2, 0.25) is 0 Å². The van der Waals surface area contributed by atoms with Crippen LogP contribution in [0.15, 0.2) is 36.5 Å². The number of hydrogen-bond donors (Lipinski definition) is 1. The Hall–Kier alpha value is -1.95. The normalized spacial score (nSPS) is 11.3. The number of para-hydroxylation sites is 1. The molecule has 0 bridgehead atoms. The Morgan fingerprint density at radius 3 is 2.57 bits per heavy atom. The summed E-state index contributed by atoms with van der Waals surface area (Å²) >= 11 is 6.03. The Labute approximate surface area is 124 Å². The first-order valence-electron chi connectivity index (χ1n) is 6.03. The van der Waals surface area contributed by atoms with Crippen molar-refractivity contribution in [3.63, 3.8) is 0 Å². The molecule has 0 saturated heterocycles. The standard InChI is InChI=1S/C14H12ClF3N2O/c1-19-12-4-2-3-11(15)13(12)21-8-10-6-5-9(7-20-10)14(16,17)18/h2-7,19H,8H2,1H3. The Morgan fingerprint density at radius 2 is 2.00 bits per heavy atom. The number of aromatic nitrogens is 1. The molecule has 1 aromatic carbocycles. The van der Waals surface area contributed by atoms with E-state index in [1.165, 1.54) is 6.07 Å². The molecule has 21 heavy (non-hydrogen) atoms. The minimum absolute atomic E-state index is 0.0244. The molecule has 0 radical (unpaired) electrons.